The first-order valence-electron chi connectivity index (χ1n) is 8.88. The third kappa shape index (κ3) is 3.12. The summed E-state index contributed by atoms with van der Waals surface area (Å²) in [7, 11) is 1.70. The molecule has 32 heavy (non-hydrogen) atoms. The summed E-state index contributed by atoms with van der Waals surface area (Å²) in [6.45, 7) is 0. The number of alkyl halides is 3. The highest BCUT2D eigenvalue weighted by Gasteiger charge is 2.36. The van der Waals surface area contributed by atoms with Crippen molar-refractivity contribution in [2.24, 2.45) is 7.05 Å². The van der Waals surface area contributed by atoms with Crippen molar-refractivity contribution in [2.75, 3.05) is 0 Å². The van der Waals surface area contributed by atoms with Gasteiger partial charge in [0.25, 0.3) is 0 Å². The summed E-state index contributed by atoms with van der Waals surface area (Å²) in [5.74, 6) is -0.534. The Morgan fingerprint density at radius 1 is 1.16 bits per heavy atom. The van der Waals surface area contributed by atoms with Crippen LogP contribution in [0.4, 0.5) is 13.2 Å². The predicted molar refractivity (Wildman–Crippen MR) is 110 cm³/mol. The topological polar surface area (TPSA) is 91.6 Å². The summed E-state index contributed by atoms with van der Waals surface area (Å²) in [6, 6.07) is 5.08. The lowest BCUT2D eigenvalue weighted by molar-refractivity contribution is -0.141. The summed E-state index contributed by atoms with van der Waals surface area (Å²) in [6.07, 6.45) is -1.94. The van der Waals surface area contributed by atoms with E-state index in [4.69, 9.17) is 27.6 Å². The average Bonchev–Trinajstić information content (AvgIpc) is 3.33. The molecule has 1 aromatic carbocycles. The molecule has 0 aliphatic heterocycles. The molecule has 4 aromatic heterocycles. The highest BCUT2D eigenvalue weighted by Crippen LogP contribution is 2.35. The number of hydrogen-bond acceptors (Lipinski definition) is 6. The van der Waals surface area contributed by atoms with E-state index in [1.54, 1.807) is 11.6 Å². The molecule has 0 saturated heterocycles. The molecule has 0 saturated carbocycles. The molecule has 0 N–H and O–H groups in total. The van der Waals surface area contributed by atoms with Gasteiger partial charge in [-0.05, 0) is 18.2 Å². The SMILES string of the molecule is Cn1cnc2cc3c(=O)oc(-c4cc(C(F)(F)F)nn4-c4ncccc4Cl)nc3c(Cl)c21. The van der Waals surface area contributed by atoms with Crippen LogP contribution in [0, 0.1) is 0 Å². The smallest absolute Gasteiger partial charge is 0.401 e. The van der Waals surface area contributed by atoms with Gasteiger partial charge < -0.3 is 8.98 Å². The van der Waals surface area contributed by atoms with Crippen LogP contribution >= 0.6 is 23.2 Å². The molecule has 0 amide bonds. The van der Waals surface area contributed by atoms with Gasteiger partial charge in [0.15, 0.2) is 11.5 Å². The Labute approximate surface area is 185 Å². The minimum Gasteiger partial charge on any atom is -0.401 e. The number of benzene rings is 1. The van der Waals surface area contributed by atoms with Crippen LogP contribution in [-0.2, 0) is 13.2 Å². The fraction of sp³-hybridized carbons (Fsp3) is 0.105. The van der Waals surface area contributed by atoms with E-state index in [1.165, 1.54) is 30.7 Å². The van der Waals surface area contributed by atoms with Crippen LogP contribution in [0.25, 0.3) is 39.3 Å². The highest BCUT2D eigenvalue weighted by molar-refractivity contribution is 6.39. The van der Waals surface area contributed by atoms with Crippen molar-refractivity contribution in [3.63, 3.8) is 0 Å². The monoisotopic (exact) mass is 480 g/mol. The van der Waals surface area contributed by atoms with Crippen molar-refractivity contribution >= 4 is 45.1 Å². The minimum atomic E-state index is -4.78. The Hall–Kier alpha value is -3.44. The maximum Gasteiger partial charge on any atom is 0.435 e. The van der Waals surface area contributed by atoms with Crippen LogP contribution in [0.2, 0.25) is 10.0 Å². The summed E-state index contributed by atoms with van der Waals surface area (Å²) in [5, 5.41) is 3.74. The van der Waals surface area contributed by atoms with E-state index in [1.807, 2.05) is 0 Å². The third-order valence-electron chi connectivity index (χ3n) is 4.70. The lowest BCUT2D eigenvalue weighted by Gasteiger charge is -2.08. The van der Waals surface area contributed by atoms with E-state index >= 15 is 0 Å². The van der Waals surface area contributed by atoms with Gasteiger partial charge in [0.2, 0.25) is 5.89 Å². The summed E-state index contributed by atoms with van der Waals surface area (Å²) in [5.41, 5.74) is -1.39. The maximum absolute atomic E-state index is 13.4. The standard InChI is InChI=1S/C19H9Cl2F3N6O2/c1-29-7-26-10-5-8-14(13(21)15(10)29)27-17(32-18(8)31)11-6-12(19(22,23)24)28-30(11)16-9(20)3-2-4-25-16/h2-7H,1H3. The molecule has 5 aromatic rings. The first-order chi connectivity index (χ1) is 15.1. The van der Waals surface area contributed by atoms with Gasteiger partial charge in [-0.2, -0.15) is 18.3 Å². The number of fused-ring (bicyclic) bond motifs is 2. The van der Waals surface area contributed by atoms with Crippen LogP contribution in [0.1, 0.15) is 5.69 Å². The number of aromatic nitrogens is 6. The number of rotatable bonds is 2. The molecule has 0 radical (unpaired) electrons. The summed E-state index contributed by atoms with van der Waals surface area (Å²) < 4.78 is 48.0. The average molecular weight is 481 g/mol. The van der Waals surface area contributed by atoms with Crippen molar-refractivity contribution in [1.29, 1.82) is 0 Å². The summed E-state index contributed by atoms with van der Waals surface area (Å²) in [4.78, 5) is 25.1. The number of pyridine rings is 1. The lowest BCUT2D eigenvalue weighted by atomic mass is 10.2. The lowest BCUT2D eigenvalue weighted by Crippen LogP contribution is -2.09. The molecule has 8 nitrogen and oxygen atoms in total. The van der Waals surface area contributed by atoms with Crippen molar-refractivity contribution in [3.8, 4) is 17.4 Å². The molecule has 0 aliphatic carbocycles. The fourth-order valence-electron chi connectivity index (χ4n) is 3.26. The number of nitrogens with zero attached hydrogens (tertiary/aromatic N) is 6. The molecule has 162 valence electrons. The van der Waals surface area contributed by atoms with Crippen LogP contribution in [0.15, 0.2) is 46.0 Å². The van der Waals surface area contributed by atoms with E-state index in [2.05, 4.69) is 20.1 Å². The first kappa shape index (κ1) is 20.5. The Kier molecular flexibility index (Phi) is 4.50. The van der Waals surface area contributed by atoms with Gasteiger partial charge >= 0.3 is 11.8 Å². The number of aryl methyl sites for hydroxylation is 1. The Morgan fingerprint density at radius 2 is 1.94 bits per heavy atom. The van der Waals surface area contributed by atoms with Crippen molar-refractivity contribution in [2.45, 2.75) is 6.18 Å². The molecular weight excluding hydrogens is 472 g/mol. The molecule has 0 atom stereocenters. The molecule has 0 spiro atoms. The predicted octanol–water partition coefficient (Wildman–Crippen LogP) is 4.65. The normalized spacial score (nSPS) is 12.2. The molecule has 0 aliphatic rings. The van der Waals surface area contributed by atoms with E-state index in [0.29, 0.717) is 17.1 Å². The number of halogens is 5. The van der Waals surface area contributed by atoms with Crippen LogP contribution in [0.5, 0.6) is 0 Å². The van der Waals surface area contributed by atoms with Crippen molar-refractivity contribution in [1.82, 2.24) is 29.3 Å². The molecule has 0 fully saturated rings. The largest absolute Gasteiger partial charge is 0.435 e. The van der Waals surface area contributed by atoms with Gasteiger partial charge in [-0.3, -0.25) is 0 Å². The van der Waals surface area contributed by atoms with Gasteiger partial charge in [0.05, 0.1) is 32.8 Å². The first-order valence-corrected chi connectivity index (χ1v) is 9.63. The molecular formula is C19H9Cl2F3N6O2. The fourth-order valence-corrected chi connectivity index (χ4v) is 3.84. The molecule has 4 heterocycles. The van der Waals surface area contributed by atoms with Crippen LogP contribution < -0.4 is 5.63 Å². The zero-order chi connectivity index (χ0) is 22.8. The summed E-state index contributed by atoms with van der Waals surface area (Å²) >= 11 is 12.6. The second kappa shape index (κ2) is 7.04. The molecule has 5 rings (SSSR count). The van der Waals surface area contributed by atoms with Crippen molar-refractivity contribution < 1.29 is 17.6 Å². The van der Waals surface area contributed by atoms with Crippen LogP contribution in [0.3, 0.4) is 0 Å². The van der Waals surface area contributed by atoms with Gasteiger partial charge in [-0.25, -0.2) is 24.4 Å². The van der Waals surface area contributed by atoms with E-state index in [9.17, 15) is 18.0 Å². The molecule has 13 heteroatoms. The maximum atomic E-state index is 13.4. The van der Waals surface area contributed by atoms with Crippen molar-refractivity contribution in [3.05, 3.63) is 62.9 Å². The van der Waals surface area contributed by atoms with E-state index < -0.39 is 23.4 Å². The second-order valence-electron chi connectivity index (χ2n) is 6.75. The Bertz CT molecular complexity index is 1590. The van der Waals surface area contributed by atoms with Gasteiger partial charge in [0, 0.05) is 19.3 Å². The molecule has 0 unspecified atom stereocenters. The Morgan fingerprint density at radius 3 is 2.66 bits per heavy atom. The zero-order valence-corrected chi connectivity index (χ0v) is 17.4. The van der Waals surface area contributed by atoms with Crippen LogP contribution in [-0.4, -0.2) is 29.3 Å². The molecule has 0 bridgehead atoms. The number of hydrogen-bond donors (Lipinski definition) is 0. The quantitative estimate of drug-likeness (QED) is 0.365. The van der Waals surface area contributed by atoms with Gasteiger partial charge in [-0.15, -0.1) is 0 Å². The number of imidazole rings is 1. The Balaban J connectivity index is 1.84. The zero-order valence-electron chi connectivity index (χ0n) is 15.9. The third-order valence-corrected chi connectivity index (χ3v) is 5.35. The van der Waals surface area contributed by atoms with E-state index in [-0.39, 0.29) is 32.5 Å². The second-order valence-corrected chi connectivity index (χ2v) is 7.53. The highest BCUT2D eigenvalue weighted by atomic mass is 35.5. The van der Waals surface area contributed by atoms with Gasteiger partial charge in [0.1, 0.15) is 11.2 Å². The van der Waals surface area contributed by atoms with Gasteiger partial charge in [-0.1, -0.05) is 23.2 Å². The van der Waals surface area contributed by atoms with E-state index in [0.717, 1.165) is 4.68 Å². The minimum absolute atomic E-state index is 0.0305.